The molecule has 0 spiro atoms. The number of benzene rings is 3. The third-order valence-corrected chi connectivity index (χ3v) is 6.70. The number of rotatable bonds is 9. The van der Waals surface area contributed by atoms with E-state index in [2.05, 4.69) is 5.32 Å². The molecule has 35 heavy (non-hydrogen) atoms. The molecule has 0 aliphatic carbocycles. The number of nitrogens with zero attached hydrogens (tertiary/aromatic N) is 1. The smallest absolute Gasteiger partial charge is 0.248 e. The number of methoxy groups -OCH3 is 1. The molecule has 4 rings (SSSR count). The maximum atomic E-state index is 13.8. The molecule has 0 unspecified atom stereocenters. The Bertz CT molecular complexity index is 1250. The normalized spacial score (nSPS) is 11.5. The number of aryl methyl sites for hydroxylation is 1. The van der Waals surface area contributed by atoms with Crippen LogP contribution in [0.5, 0.6) is 5.75 Å². The van der Waals surface area contributed by atoms with E-state index in [1.165, 1.54) is 11.3 Å². The molecule has 0 radical (unpaired) electrons. The number of ether oxygens (including phenoxy) is 1. The maximum Gasteiger partial charge on any atom is 0.248 e. The van der Waals surface area contributed by atoms with Gasteiger partial charge in [0.15, 0.2) is 0 Å². The molecule has 0 aliphatic rings. The van der Waals surface area contributed by atoms with Crippen molar-refractivity contribution < 1.29 is 14.3 Å². The molecule has 0 aliphatic heterocycles. The van der Waals surface area contributed by atoms with Crippen molar-refractivity contribution in [2.45, 2.75) is 25.9 Å². The Kier molecular flexibility index (Phi) is 7.95. The van der Waals surface area contributed by atoms with Gasteiger partial charge in [0.05, 0.1) is 13.5 Å². The molecule has 1 heterocycles. The van der Waals surface area contributed by atoms with Crippen molar-refractivity contribution in [3.63, 3.8) is 0 Å². The quantitative estimate of drug-likeness (QED) is 0.332. The van der Waals surface area contributed by atoms with Crippen LogP contribution in [-0.2, 0) is 22.6 Å². The van der Waals surface area contributed by atoms with Crippen molar-refractivity contribution in [3.05, 3.63) is 118 Å². The van der Waals surface area contributed by atoms with E-state index in [1.54, 1.807) is 24.1 Å². The number of carbonyl (C=O) groups is 2. The van der Waals surface area contributed by atoms with Gasteiger partial charge in [-0.05, 0) is 59.3 Å². The van der Waals surface area contributed by atoms with Crippen LogP contribution in [-0.4, -0.2) is 18.9 Å². The summed E-state index contributed by atoms with van der Waals surface area (Å²) in [4.78, 5) is 30.1. The van der Waals surface area contributed by atoms with Gasteiger partial charge in [0.2, 0.25) is 11.8 Å². The van der Waals surface area contributed by atoms with E-state index in [0.717, 1.165) is 21.6 Å². The molecule has 0 fully saturated rings. The lowest BCUT2D eigenvalue weighted by atomic mass is 9.97. The van der Waals surface area contributed by atoms with Crippen molar-refractivity contribution in [1.29, 1.82) is 0 Å². The van der Waals surface area contributed by atoms with E-state index in [9.17, 15) is 9.59 Å². The first kappa shape index (κ1) is 24.2. The second kappa shape index (κ2) is 11.5. The van der Waals surface area contributed by atoms with Crippen LogP contribution >= 0.6 is 11.3 Å². The fraction of sp³-hybridized carbons (Fsp3) is 0.172. The van der Waals surface area contributed by atoms with Crippen LogP contribution in [0.1, 0.15) is 27.6 Å². The molecule has 0 saturated heterocycles. The van der Waals surface area contributed by atoms with Crippen LogP contribution in [0.2, 0.25) is 0 Å². The van der Waals surface area contributed by atoms with Crippen molar-refractivity contribution in [1.82, 2.24) is 5.32 Å². The Morgan fingerprint density at radius 1 is 0.914 bits per heavy atom. The van der Waals surface area contributed by atoms with Gasteiger partial charge in [0.25, 0.3) is 0 Å². The second-order valence-corrected chi connectivity index (χ2v) is 9.21. The van der Waals surface area contributed by atoms with Crippen LogP contribution in [0.15, 0.2) is 96.4 Å². The first-order valence-corrected chi connectivity index (χ1v) is 12.3. The Balaban J connectivity index is 1.75. The van der Waals surface area contributed by atoms with Gasteiger partial charge in [-0.2, -0.15) is 0 Å². The summed E-state index contributed by atoms with van der Waals surface area (Å²) >= 11 is 1.53. The van der Waals surface area contributed by atoms with E-state index in [-0.39, 0.29) is 18.2 Å². The summed E-state index contributed by atoms with van der Waals surface area (Å²) in [5.74, 6) is 0.291. The van der Waals surface area contributed by atoms with Gasteiger partial charge in [-0.25, -0.2) is 0 Å². The lowest BCUT2D eigenvalue weighted by Gasteiger charge is -2.32. The van der Waals surface area contributed by atoms with Gasteiger partial charge < -0.3 is 10.1 Å². The van der Waals surface area contributed by atoms with Gasteiger partial charge in [0.1, 0.15) is 11.8 Å². The standard InChI is InChI=1S/C29H28N2O3S/c1-21-9-6-7-13-26(21)28(29(33)30-20-22-10-4-3-5-11-22)31(23-14-16-24(34-2)17-15-23)27(32)19-25-12-8-18-35-25/h3-18,28H,19-20H2,1-2H3,(H,30,33)/t28-/m0/s1. The molecule has 2 amide bonds. The van der Waals surface area contributed by atoms with Crippen LogP contribution in [0.25, 0.3) is 0 Å². The minimum Gasteiger partial charge on any atom is -0.497 e. The third-order valence-electron chi connectivity index (χ3n) is 5.82. The topological polar surface area (TPSA) is 58.6 Å². The number of nitrogens with one attached hydrogen (secondary N) is 1. The van der Waals surface area contributed by atoms with E-state index >= 15 is 0 Å². The molecule has 5 nitrogen and oxygen atoms in total. The Morgan fingerprint density at radius 3 is 2.29 bits per heavy atom. The van der Waals surface area contributed by atoms with Crippen molar-refractivity contribution >= 4 is 28.8 Å². The number of thiophene rings is 1. The summed E-state index contributed by atoms with van der Waals surface area (Å²) in [6, 6.07) is 27.7. The highest BCUT2D eigenvalue weighted by atomic mass is 32.1. The zero-order valence-electron chi connectivity index (χ0n) is 19.8. The van der Waals surface area contributed by atoms with Crippen molar-refractivity contribution in [3.8, 4) is 5.75 Å². The average molecular weight is 485 g/mol. The summed E-state index contributed by atoms with van der Waals surface area (Å²) < 4.78 is 5.31. The average Bonchev–Trinajstić information content (AvgIpc) is 3.40. The Labute approximate surface area is 210 Å². The molecular weight excluding hydrogens is 456 g/mol. The molecule has 6 heteroatoms. The summed E-state index contributed by atoms with van der Waals surface area (Å²) in [5, 5.41) is 5.01. The summed E-state index contributed by atoms with van der Waals surface area (Å²) in [6.07, 6.45) is 0.206. The van der Waals surface area contributed by atoms with Gasteiger partial charge >= 0.3 is 0 Å². The van der Waals surface area contributed by atoms with Gasteiger partial charge in [-0.15, -0.1) is 11.3 Å². The zero-order valence-corrected chi connectivity index (χ0v) is 20.6. The first-order valence-electron chi connectivity index (χ1n) is 11.4. The SMILES string of the molecule is COc1ccc(N(C(=O)Cc2cccs2)[C@H](C(=O)NCc2ccccc2)c2ccccc2C)cc1. The number of hydrogen-bond donors (Lipinski definition) is 1. The Morgan fingerprint density at radius 2 is 1.63 bits per heavy atom. The molecule has 4 aromatic rings. The minimum atomic E-state index is -0.833. The summed E-state index contributed by atoms with van der Waals surface area (Å²) in [5.41, 5.74) is 3.35. The number of hydrogen-bond acceptors (Lipinski definition) is 4. The van der Waals surface area contributed by atoms with Crippen molar-refractivity contribution in [2.24, 2.45) is 0 Å². The van der Waals surface area contributed by atoms with Gasteiger partial charge in [-0.1, -0.05) is 60.7 Å². The minimum absolute atomic E-state index is 0.152. The van der Waals surface area contributed by atoms with Crippen LogP contribution in [0.3, 0.4) is 0 Å². The van der Waals surface area contributed by atoms with Crippen LogP contribution in [0, 0.1) is 6.92 Å². The maximum absolute atomic E-state index is 13.8. The largest absolute Gasteiger partial charge is 0.497 e. The highest BCUT2D eigenvalue weighted by Gasteiger charge is 2.33. The van der Waals surface area contributed by atoms with E-state index in [0.29, 0.717) is 18.0 Å². The van der Waals surface area contributed by atoms with E-state index in [4.69, 9.17) is 4.74 Å². The highest BCUT2D eigenvalue weighted by molar-refractivity contribution is 7.10. The fourth-order valence-electron chi connectivity index (χ4n) is 4.00. The predicted octanol–water partition coefficient (Wildman–Crippen LogP) is 5.70. The number of amides is 2. The lowest BCUT2D eigenvalue weighted by Crippen LogP contribution is -2.44. The van der Waals surface area contributed by atoms with Crippen LogP contribution < -0.4 is 15.0 Å². The lowest BCUT2D eigenvalue weighted by molar-refractivity contribution is -0.126. The van der Waals surface area contributed by atoms with Gasteiger partial charge in [-0.3, -0.25) is 14.5 Å². The molecular formula is C29H28N2O3S. The zero-order chi connectivity index (χ0) is 24.6. The molecule has 3 aromatic carbocycles. The number of carbonyl (C=O) groups excluding carboxylic acids is 2. The van der Waals surface area contributed by atoms with E-state index < -0.39 is 6.04 Å². The number of anilines is 1. The summed E-state index contributed by atoms with van der Waals surface area (Å²) in [7, 11) is 1.60. The van der Waals surface area contributed by atoms with E-state index in [1.807, 2.05) is 91.2 Å². The molecule has 1 atom stereocenters. The first-order chi connectivity index (χ1) is 17.1. The van der Waals surface area contributed by atoms with Crippen LogP contribution in [0.4, 0.5) is 5.69 Å². The molecule has 0 bridgehead atoms. The molecule has 178 valence electrons. The highest BCUT2D eigenvalue weighted by Crippen LogP contribution is 2.32. The molecule has 0 saturated carbocycles. The fourth-order valence-corrected chi connectivity index (χ4v) is 4.70. The second-order valence-electron chi connectivity index (χ2n) is 8.18. The molecule has 1 aromatic heterocycles. The monoisotopic (exact) mass is 484 g/mol. The Hall–Kier alpha value is -3.90. The van der Waals surface area contributed by atoms with Gasteiger partial charge in [0, 0.05) is 17.1 Å². The molecule has 1 N–H and O–H groups in total. The van der Waals surface area contributed by atoms with Crippen molar-refractivity contribution in [2.75, 3.05) is 12.0 Å². The third kappa shape index (κ3) is 5.97. The predicted molar refractivity (Wildman–Crippen MR) is 141 cm³/mol. The summed E-state index contributed by atoms with van der Waals surface area (Å²) in [6.45, 7) is 2.33.